The highest BCUT2D eigenvalue weighted by molar-refractivity contribution is 6.30. The highest BCUT2D eigenvalue weighted by Crippen LogP contribution is 2.37. The molecule has 1 amide bonds. The summed E-state index contributed by atoms with van der Waals surface area (Å²) in [4.78, 5) is 18.0. The van der Waals surface area contributed by atoms with Gasteiger partial charge in [0.05, 0.1) is 11.3 Å². The van der Waals surface area contributed by atoms with Gasteiger partial charge in [0.15, 0.2) is 0 Å². The molecule has 0 unspecified atom stereocenters. The molecule has 0 atom stereocenters. The minimum Gasteiger partial charge on any atom is -0.351 e. The summed E-state index contributed by atoms with van der Waals surface area (Å²) in [5.41, 5.74) is -0.809. The van der Waals surface area contributed by atoms with Crippen molar-refractivity contribution in [1.82, 2.24) is 15.2 Å². The van der Waals surface area contributed by atoms with Crippen LogP contribution in [-0.2, 0) is 6.18 Å². The van der Waals surface area contributed by atoms with Crippen LogP contribution in [0.2, 0.25) is 5.02 Å². The summed E-state index contributed by atoms with van der Waals surface area (Å²) < 4.78 is 39.5. The SMILES string of the molecule is CN(C)CCNC(=O)c1ccnc(Nc2ccc(Cl)cc2C(F)(F)F)c1. The van der Waals surface area contributed by atoms with Gasteiger partial charge in [-0.2, -0.15) is 13.2 Å². The van der Waals surface area contributed by atoms with Crippen molar-refractivity contribution in [2.45, 2.75) is 6.18 Å². The molecule has 1 aromatic heterocycles. The molecule has 2 N–H and O–H groups in total. The molecule has 0 aliphatic carbocycles. The Morgan fingerprint density at radius 2 is 1.96 bits per heavy atom. The number of nitrogens with one attached hydrogen (secondary N) is 2. The van der Waals surface area contributed by atoms with E-state index in [1.165, 1.54) is 30.5 Å². The number of amides is 1. The van der Waals surface area contributed by atoms with Crippen LogP contribution in [0.25, 0.3) is 0 Å². The van der Waals surface area contributed by atoms with Crippen molar-refractivity contribution in [3.8, 4) is 0 Å². The van der Waals surface area contributed by atoms with E-state index in [-0.39, 0.29) is 22.4 Å². The van der Waals surface area contributed by atoms with Gasteiger partial charge >= 0.3 is 6.18 Å². The van der Waals surface area contributed by atoms with Gasteiger partial charge in [-0.1, -0.05) is 11.6 Å². The van der Waals surface area contributed by atoms with Crippen LogP contribution in [0.15, 0.2) is 36.5 Å². The minimum absolute atomic E-state index is 0.0233. The molecule has 0 saturated carbocycles. The lowest BCUT2D eigenvalue weighted by atomic mass is 10.1. The van der Waals surface area contributed by atoms with E-state index >= 15 is 0 Å². The molecule has 0 aliphatic rings. The van der Waals surface area contributed by atoms with Crippen molar-refractivity contribution in [1.29, 1.82) is 0 Å². The van der Waals surface area contributed by atoms with Gasteiger partial charge in [-0.25, -0.2) is 4.98 Å². The number of benzene rings is 1. The molecular weight excluding hydrogens is 369 g/mol. The predicted molar refractivity (Wildman–Crippen MR) is 94.9 cm³/mol. The number of nitrogens with zero attached hydrogens (tertiary/aromatic N) is 2. The van der Waals surface area contributed by atoms with Crippen LogP contribution in [0.5, 0.6) is 0 Å². The van der Waals surface area contributed by atoms with Gasteiger partial charge in [0.2, 0.25) is 0 Å². The first-order valence-corrected chi connectivity index (χ1v) is 8.07. The van der Waals surface area contributed by atoms with Crippen LogP contribution < -0.4 is 10.6 Å². The normalized spacial score (nSPS) is 11.5. The number of carbonyl (C=O) groups is 1. The Morgan fingerprint density at radius 1 is 1.23 bits per heavy atom. The second-order valence-corrected chi connectivity index (χ2v) is 6.24. The fourth-order valence-electron chi connectivity index (χ4n) is 2.13. The number of hydrogen-bond donors (Lipinski definition) is 2. The molecule has 2 rings (SSSR count). The topological polar surface area (TPSA) is 57.3 Å². The van der Waals surface area contributed by atoms with Crippen molar-refractivity contribution < 1.29 is 18.0 Å². The summed E-state index contributed by atoms with van der Waals surface area (Å²) >= 11 is 5.66. The average molecular weight is 387 g/mol. The zero-order valence-corrected chi connectivity index (χ0v) is 14.9. The summed E-state index contributed by atoms with van der Waals surface area (Å²) in [5, 5.41) is 5.31. The number of halogens is 4. The monoisotopic (exact) mass is 386 g/mol. The van der Waals surface area contributed by atoms with E-state index in [1.54, 1.807) is 0 Å². The Bertz CT molecular complexity index is 781. The van der Waals surface area contributed by atoms with E-state index < -0.39 is 11.7 Å². The third kappa shape index (κ3) is 5.60. The average Bonchev–Trinajstić information content (AvgIpc) is 2.55. The standard InChI is InChI=1S/C17H18ClF3N4O/c1-25(2)8-7-23-16(26)11-5-6-22-15(9-11)24-14-4-3-12(18)10-13(14)17(19,20)21/h3-6,9-10H,7-8H2,1-2H3,(H,22,24)(H,23,26). The first-order valence-electron chi connectivity index (χ1n) is 7.69. The molecule has 2 aromatic rings. The fourth-order valence-corrected chi connectivity index (χ4v) is 2.31. The maximum atomic E-state index is 13.2. The quantitative estimate of drug-likeness (QED) is 0.793. The van der Waals surface area contributed by atoms with E-state index in [4.69, 9.17) is 11.6 Å². The lowest BCUT2D eigenvalue weighted by Crippen LogP contribution is -2.31. The number of likely N-dealkylation sites (N-methyl/N-ethyl adjacent to an activating group) is 1. The molecule has 9 heteroatoms. The predicted octanol–water partition coefficient (Wildman–Crippen LogP) is 3.79. The molecule has 1 aromatic carbocycles. The molecule has 0 fully saturated rings. The molecule has 0 radical (unpaired) electrons. The summed E-state index contributed by atoms with van der Waals surface area (Å²) in [6, 6.07) is 6.28. The van der Waals surface area contributed by atoms with Crippen LogP contribution in [-0.4, -0.2) is 43.0 Å². The number of aromatic nitrogens is 1. The van der Waals surface area contributed by atoms with E-state index in [0.717, 1.165) is 6.07 Å². The largest absolute Gasteiger partial charge is 0.418 e. The Kier molecular flexibility index (Phi) is 6.44. The summed E-state index contributed by atoms with van der Waals surface area (Å²) in [6.45, 7) is 1.12. The van der Waals surface area contributed by atoms with Gasteiger partial charge in [0.1, 0.15) is 5.82 Å². The number of anilines is 2. The van der Waals surface area contributed by atoms with Gasteiger partial charge in [-0.15, -0.1) is 0 Å². The maximum Gasteiger partial charge on any atom is 0.418 e. The third-order valence-corrected chi connectivity index (χ3v) is 3.65. The molecule has 5 nitrogen and oxygen atoms in total. The summed E-state index contributed by atoms with van der Waals surface area (Å²) in [7, 11) is 3.76. The smallest absolute Gasteiger partial charge is 0.351 e. The number of carbonyl (C=O) groups excluding carboxylic acids is 1. The van der Waals surface area contributed by atoms with Gasteiger partial charge in [0.25, 0.3) is 5.91 Å². The van der Waals surface area contributed by atoms with Crippen molar-refractivity contribution in [2.24, 2.45) is 0 Å². The van der Waals surface area contributed by atoms with E-state index in [2.05, 4.69) is 15.6 Å². The Balaban J connectivity index is 2.18. The van der Waals surface area contributed by atoms with Gasteiger partial charge in [0, 0.05) is 29.9 Å². The molecule has 0 saturated heterocycles. The van der Waals surface area contributed by atoms with Crippen molar-refractivity contribution in [2.75, 3.05) is 32.5 Å². The highest BCUT2D eigenvalue weighted by atomic mass is 35.5. The number of alkyl halides is 3. The first kappa shape index (κ1) is 20.0. The lowest BCUT2D eigenvalue weighted by molar-refractivity contribution is -0.136. The van der Waals surface area contributed by atoms with Gasteiger partial charge in [-0.05, 0) is 44.4 Å². The summed E-state index contributed by atoms with van der Waals surface area (Å²) in [5.74, 6) is -0.206. The van der Waals surface area contributed by atoms with E-state index in [9.17, 15) is 18.0 Å². The number of pyridine rings is 1. The molecule has 26 heavy (non-hydrogen) atoms. The first-order chi connectivity index (χ1) is 12.2. The summed E-state index contributed by atoms with van der Waals surface area (Å²) in [6.07, 6.45) is -3.22. The van der Waals surface area contributed by atoms with Gasteiger partial charge < -0.3 is 15.5 Å². The molecule has 140 valence electrons. The molecule has 1 heterocycles. The molecular formula is C17H18ClF3N4O. The second-order valence-electron chi connectivity index (χ2n) is 5.80. The fraction of sp³-hybridized carbons (Fsp3) is 0.294. The Hall–Kier alpha value is -2.32. The van der Waals surface area contributed by atoms with Crippen LogP contribution >= 0.6 is 11.6 Å². The maximum absolute atomic E-state index is 13.2. The highest BCUT2D eigenvalue weighted by Gasteiger charge is 2.34. The Morgan fingerprint density at radius 3 is 2.62 bits per heavy atom. The third-order valence-electron chi connectivity index (χ3n) is 3.42. The van der Waals surface area contributed by atoms with Crippen LogP contribution in [0.1, 0.15) is 15.9 Å². The number of hydrogen-bond acceptors (Lipinski definition) is 4. The van der Waals surface area contributed by atoms with Crippen LogP contribution in [0.3, 0.4) is 0 Å². The molecule has 0 bridgehead atoms. The van der Waals surface area contributed by atoms with Crippen molar-refractivity contribution >= 4 is 29.0 Å². The van der Waals surface area contributed by atoms with E-state index in [0.29, 0.717) is 18.7 Å². The van der Waals surface area contributed by atoms with Crippen LogP contribution in [0, 0.1) is 0 Å². The number of rotatable bonds is 6. The van der Waals surface area contributed by atoms with Gasteiger partial charge in [-0.3, -0.25) is 4.79 Å². The molecule has 0 aliphatic heterocycles. The van der Waals surface area contributed by atoms with Crippen molar-refractivity contribution in [3.63, 3.8) is 0 Å². The Labute approximate surface area is 154 Å². The minimum atomic E-state index is -4.58. The van der Waals surface area contributed by atoms with Crippen molar-refractivity contribution in [3.05, 3.63) is 52.7 Å². The zero-order chi connectivity index (χ0) is 19.3. The van der Waals surface area contributed by atoms with Crippen LogP contribution in [0.4, 0.5) is 24.7 Å². The zero-order valence-electron chi connectivity index (χ0n) is 14.2. The lowest BCUT2D eigenvalue weighted by Gasteiger charge is -2.15. The second kappa shape index (κ2) is 8.37. The van der Waals surface area contributed by atoms with E-state index in [1.807, 2.05) is 19.0 Å². The molecule has 0 spiro atoms.